The maximum absolute atomic E-state index is 11.7. The van der Waals surface area contributed by atoms with Gasteiger partial charge in [-0.1, -0.05) is 19.8 Å². The molecule has 0 radical (unpaired) electrons. The van der Waals surface area contributed by atoms with Crippen molar-refractivity contribution in [3.8, 4) is 0 Å². The lowest BCUT2D eigenvalue weighted by atomic mass is 9.81. The first-order valence-corrected chi connectivity index (χ1v) is 7.87. The molecule has 21 heavy (non-hydrogen) atoms. The molecule has 0 aromatic rings. The second-order valence-electron chi connectivity index (χ2n) is 7.10. The second-order valence-corrected chi connectivity index (χ2v) is 7.10. The van der Waals surface area contributed by atoms with E-state index in [2.05, 4.69) is 12.2 Å². The highest BCUT2D eigenvalue weighted by molar-refractivity contribution is 5.75. The summed E-state index contributed by atoms with van der Waals surface area (Å²) in [6.45, 7) is 7.72. The van der Waals surface area contributed by atoms with Crippen LogP contribution in [0.4, 0.5) is 0 Å². The highest BCUT2D eigenvalue weighted by atomic mass is 16.6. The number of nitrogens with one attached hydrogen (secondary N) is 1. The molecule has 1 saturated carbocycles. The monoisotopic (exact) mass is 299 g/mol. The molecule has 5 heteroatoms. The van der Waals surface area contributed by atoms with Gasteiger partial charge in [-0.25, -0.2) is 0 Å². The van der Waals surface area contributed by atoms with E-state index in [1.807, 2.05) is 20.8 Å². The first kappa shape index (κ1) is 18.0. The van der Waals surface area contributed by atoms with Crippen molar-refractivity contribution >= 4 is 11.9 Å². The number of carboxylic acid groups (broad SMARTS) is 1. The summed E-state index contributed by atoms with van der Waals surface area (Å²) in [5.41, 5.74) is -1.10. The van der Waals surface area contributed by atoms with E-state index in [0.717, 1.165) is 25.7 Å². The van der Waals surface area contributed by atoms with Gasteiger partial charge >= 0.3 is 11.9 Å². The second kappa shape index (κ2) is 7.25. The number of carbonyl (C=O) groups is 2. The number of carbonyl (C=O) groups excluding carboxylic acids is 1. The van der Waals surface area contributed by atoms with E-state index in [1.165, 1.54) is 0 Å². The van der Waals surface area contributed by atoms with Crippen molar-refractivity contribution in [2.24, 2.45) is 5.41 Å². The molecule has 0 spiro atoms. The van der Waals surface area contributed by atoms with E-state index >= 15 is 0 Å². The largest absolute Gasteiger partial charge is 0.481 e. The van der Waals surface area contributed by atoms with Gasteiger partial charge in [0.1, 0.15) is 5.60 Å². The lowest BCUT2D eigenvalue weighted by Crippen LogP contribution is -2.37. The van der Waals surface area contributed by atoms with Gasteiger partial charge in [-0.2, -0.15) is 0 Å². The molecule has 1 aliphatic rings. The Morgan fingerprint density at radius 2 is 2.05 bits per heavy atom. The van der Waals surface area contributed by atoms with Gasteiger partial charge in [0.15, 0.2) is 0 Å². The highest BCUT2D eigenvalue weighted by Crippen LogP contribution is 2.42. The van der Waals surface area contributed by atoms with Gasteiger partial charge in [-0.05, 0) is 46.5 Å². The minimum atomic E-state index is -0.697. The Morgan fingerprint density at radius 1 is 1.38 bits per heavy atom. The number of carboxylic acids is 1. The molecule has 2 unspecified atom stereocenters. The number of unbranched alkanes of at least 4 members (excludes halogenated alkanes) is 1. The van der Waals surface area contributed by atoms with Crippen LogP contribution < -0.4 is 5.32 Å². The summed E-state index contributed by atoms with van der Waals surface area (Å²) in [6, 6.07) is 0.0884. The van der Waals surface area contributed by atoms with Crippen LogP contribution in [-0.4, -0.2) is 35.2 Å². The number of esters is 1. The fraction of sp³-hybridized carbons (Fsp3) is 0.875. The fourth-order valence-corrected chi connectivity index (χ4v) is 2.95. The summed E-state index contributed by atoms with van der Waals surface area (Å²) < 4.78 is 5.24. The molecule has 0 bridgehead atoms. The van der Waals surface area contributed by atoms with E-state index in [9.17, 15) is 14.7 Å². The van der Waals surface area contributed by atoms with Gasteiger partial charge in [-0.15, -0.1) is 0 Å². The van der Waals surface area contributed by atoms with E-state index in [-0.39, 0.29) is 18.6 Å². The van der Waals surface area contributed by atoms with Crippen molar-refractivity contribution in [1.82, 2.24) is 5.32 Å². The Balaban J connectivity index is 2.46. The number of hydrogen-bond acceptors (Lipinski definition) is 4. The van der Waals surface area contributed by atoms with Crippen LogP contribution in [0.5, 0.6) is 0 Å². The molecular weight excluding hydrogens is 270 g/mol. The third-order valence-corrected chi connectivity index (χ3v) is 4.03. The van der Waals surface area contributed by atoms with Gasteiger partial charge in [0.2, 0.25) is 0 Å². The summed E-state index contributed by atoms with van der Waals surface area (Å²) >= 11 is 0. The summed E-state index contributed by atoms with van der Waals surface area (Å²) in [6.07, 6.45) is 4.76. The highest BCUT2D eigenvalue weighted by Gasteiger charge is 2.44. The van der Waals surface area contributed by atoms with Gasteiger partial charge in [-0.3, -0.25) is 9.59 Å². The molecule has 5 nitrogen and oxygen atoms in total. The van der Waals surface area contributed by atoms with Crippen LogP contribution in [-0.2, 0) is 14.3 Å². The number of ether oxygens (including phenoxy) is 1. The van der Waals surface area contributed by atoms with E-state index < -0.39 is 17.0 Å². The SMILES string of the molecule is CCCCC1(C(=O)O)CCC(NCC(=O)OC(C)(C)C)C1. The van der Waals surface area contributed by atoms with E-state index in [0.29, 0.717) is 12.8 Å². The van der Waals surface area contributed by atoms with Crippen molar-refractivity contribution in [2.75, 3.05) is 6.54 Å². The molecule has 1 rings (SSSR count). The zero-order valence-corrected chi connectivity index (χ0v) is 13.7. The quantitative estimate of drug-likeness (QED) is 0.707. The summed E-state index contributed by atoms with van der Waals surface area (Å²) in [5.74, 6) is -0.985. The van der Waals surface area contributed by atoms with Gasteiger partial charge in [0, 0.05) is 6.04 Å². The Morgan fingerprint density at radius 3 is 2.57 bits per heavy atom. The molecule has 0 aromatic heterocycles. The van der Waals surface area contributed by atoms with Crippen molar-refractivity contribution < 1.29 is 19.4 Å². The van der Waals surface area contributed by atoms with Crippen molar-refractivity contribution in [3.63, 3.8) is 0 Å². The molecule has 0 heterocycles. The molecule has 122 valence electrons. The standard InChI is InChI=1S/C16H29NO4/c1-5-6-8-16(14(19)20)9-7-12(10-16)17-11-13(18)21-15(2,3)4/h12,17H,5-11H2,1-4H3,(H,19,20). The maximum atomic E-state index is 11.7. The molecule has 0 aromatic carbocycles. The van der Waals surface area contributed by atoms with Gasteiger partial charge in [0.25, 0.3) is 0 Å². The molecule has 1 fully saturated rings. The zero-order chi connectivity index (χ0) is 16.1. The summed E-state index contributed by atoms with van der Waals surface area (Å²) in [5, 5.41) is 12.7. The minimum absolute atomic E-state index is 0.0884. The third kappa shape index (κ3) is 5.65. The average molecular weight is 299 g/mol. The molecule has 0 saturated heterocycles. The lowest BCUT2D eigenvalue weighted by molar-refractivity contribution is -0.153. The topological polar surface area (TPSA) is 75.6 Å². The predicted molar refractivity (Wildman–Crippen MR) is 81.1 cm³/mol. The first-order valence-electron chi connectivity index (χ1n) is 7.87. The minimum Gasteiger partial charge on any atom is -0.481 e. The number of aliphatic carboxylic acids is 1. The normalized spacial score (nSPS) is 25.8. The molecule has 1 aliphatic carbocycles. The van der Waals surface area contributed by atoms with Gasteiger partial charge < -0.3 is 15.2 Å². The third-order valence-electron chi connectivity index (χ3n) is 4.03. The van der Waals surface area contributed by atoms with Crippen molar-refractivity contribution in [2.45, 2.75) is 77.9 Å². The Hall–Kier alpha value is -1.10. The Kier molecular flexibility index (Phi) is 6.20. The Bertz CT molecular complexity index is 375. The van der Waals surface area contributed by atoms with Crippen LogP contribution in [0, 0.1) is 5.41 Å². The molecule has 0 amide bonds. The molecule has 2 atom stereocenters. The van der Waals surface area contributed by atoms with Crippen LogP contribution in [0.2, 0.25) is 0 Å². The fourth-order valence-electron chi connectivity index (χ4n) is 2.95. The zero-order valence-electron chi connectivity index (χ0n) is 13.7. The van der Waals surface area contributed by atoms with Gasteiger partial charge in [0.05, 0.1) is 12.0 Å². The van der Waals surface area contributed by atoms with Crippen molar-refractivity contribution in [3.05, 3.63) is 0 Å². The Labute approximate surface area is 127 Å². The van der Waals surface area contributed by atoms with E-state index in [1.54, 1.807) is 0 Å². The molecular formula is C16H29NO4. The first-order chi connectivity index (χ1) is 9.68. The van der Waals surface area contributed by atoms with Crippen LogP contribution in [0.25, 0.3) is 0 Å². The van der Waals surface area contributed by atoms with Crippen LogP contribution in [0.3, 0.4) is 0 Å². The average Bonchev–Trinajstić information content (AvgIpc) is 2.77. The van der Waals surface area contributed by atoms with Crippen LogP contribution in [0.1, 0.15) is 66.2 Å². The number of hydrogen-bond donors (Lipinski definition) is 2. The molecule has 2 N–H and O–H groups in total. The van der Waals surface area contributed by atoms with Crippen molar-refractivity contribution in [1.29, 1.82) is 0 Å². The summed E-state index contributed by atoms with van der Waals surface area (Å²) in [7, 11) is 0. The maximum Gasteiger partial charge on any atom is 0.320 e. The number of rotatable bonds is 7. The summed E-state index contributed by atoms with van der Waals surface area (Å²) in [4.78, 5) is 23.3. The lowest BCUT2D eigenvalue weighted by Gasteiger charge is -2.24. The smallest absolute Gasteiger partial charge is 0.320 e. The molecule has 0 aliphatic heterocycles. The van der Waals surface area contributed by atoms with E-state index in [4.69, 9.17) is 4.74 Å². The van der Waals surface area contributed by atoms with Crippen LogP contribution >= 0.6 is 0 Å². The predicted octanol–water partition coefficient (Wildman–Crippen LogP) is 2.73. The van der Waals surface area contributed by atoms with Crippen LogP contribution in [0.15, 0.2) is 0 Å².